The fourth-order valence-electron chi connectivity index (χ4n) is 2.80. The van der Waals surface area contributed by atoms with Crippen LogP contribution in [0.15, 0.2) is 24.3 Å². The van der Waals surface area contributed by atoms with Gasteiger partial charge in [0.2, 0.25) is 5.95 Å². The minimum absolute atomic E-state index is 0.674. The van der Waals surface area contributed by atoms with Crippen LogP contribution in [-0.4, -0.2) is 48.1 Å². The summed E-state index contributed by atoms with van der Waals surface area (Å²) in [7, 11) is 2.16. The van der Waals surface area contributed by atoms with Gasteiger partial charge in [0.15, 0.2) is 0 Å². The van der Waals surface area contributed by atoms with Gasteiger partial charge in [-0.3, -0.25) is 0 Å². The lowest BCUT2D eigenvalue weighted by Gasteiger charge is -2.33. The number of nitrogens with zero attached hydrogens (tertiary/aromatic N) is 4. The van der Waals surface area contributed by atoms with E-state index in [9.17, 15) is 0 Å². The second-order valence-electron chi connectivity index (χ2n) is 6.42. The Morgan fingerprint density at radius 3 is 2.43 bits per heavy atom. The number of hydrogen-bond donors (Lipinski definition) is 1. The smallest absolute Gasteiger partial charge is 0.229 e. The van der Waals surface area contributed by atoms with Crippen LogP contribution >= 0.6 is 0 Å². The van der Waals surface area contributed by atoms with E-state index in [-0.39, 0.29) is 0 Å². The van der Waals surface area contributed by atoms with Gasteiger partial charge in [0.25, 0.3) is 0 Å². The average Bonchev–Trinajstić information content (AvgIpc) is 2.51. The quantitative estimate of drug-likeness (QED) is 0.944. The Bertz CT molecular complexity index is 690. The summed E-state index contributed by atoms with van der Waals surface area (Å²) in [5, 5.41) is 3.38. The van der Waals surface area contributed by atoms with Gasteiger partial charge in [-0.2, -0.15) is 4.98 Å². The van der Waals surface area contributed by atoms with Crippen molar-refractivity contribution >= 4 is 17.5 Å². The largest absolute Gasteiger partial charge is 0.354 e. The first kappa shape index (κ1) is 15.7. The Hall–Kier alpha value is -2.14. The first-order valence-electron chi connectivity index (χ1n) is 8.15. The third-order valence-electron chi connectivity index (χ3n) is 4.31. The second-order valence-corrected chi connectivity index (χ2v) is 6.42. The molecule has 1 aromatic carbocycles. The van der Waals surface area contributed by atoms with Gasteiger partial charge in [0, 0.05) is 43.6 Å². The van der Waals surface area contributed by atoms with Crippen molar-refractivity contribution in [3.63, 3.8) is 0 Å². The van der Waals surface area contributed by atoms with Gasteiger partial charge in [-0.15, -0.1) is 0 Å². The molecule has 1 aliphatic rings. The van der Waals surface area contributed by atoms with Crippen LogP contribution in [0.3, 0.4) is 0 Å². The lowest BCUT2D eigenvalue weighted by atomic mass is 10.1. The van der Waals surface area contributed by atoms with Crippen molar-refractivity contribution in [1.82, 2.24) is 14.9 Å². The van der Waals surface area contributed by atoms with E-state index in [2.05, 4.69) is 65.3 Å². The van der Waals surface area contributed by atoms with Crippen molar-refractivity contribution in [3.05, 3.63) is 41.1 Å². The minimum atomic E-state index is 0.674. The molecular weight excluding hydrogens is 286 g/mol. The number of rotatable bonds is 3. The van der Waals surface area contributed by atoms with Crippen molar-refractivity contribution in [3.8, 4) is 0 Å². The fourth-order valence-corrected chi connectivity index (χ4v) is 2.80. The van der Waals surface area contributed by atoms with E-state index in [1.165, 1.54) is 11.1 Å². The summed E-state index contributed by atoms with van der Waals surface area (Å²) in [6.07, 6.45) is 0. The van der Waals surface area contributed by atoms with E-state index >= 15 is 0 Å². The van der Waals surface area contributed by atoms with Crippen molar-refractivity contribution in [2.45, 2.75) is 20.8 Å². The second kappa shape index (κ2) is 6.54. The molecular formula is C18H25N5. The molecule has 0 atom stereocenters. The Morgan fingerprint density at radius 2 is 1.70 bits per heavy atom. The maximum atomic E-state index is 4.73. The molecule has 0 spiro atoms. The van der Waals surface area contributed by atoms with E-state index in [0.29, 0.717) is 5.95 Å². The highest BCUT2D eigenvalue weighted by Gasteiger charge is 2.16. The number of hydrogen-bond acceptors (Lipinski definition) is 5. The minimum Gasteiger partial charge on any atom is -0.354 e. The highest BCUT2D eigenvalue weighted by molar-refractivity contribution is 5.60. The fraction of sp³-hybridized carbons (Fsp3) is 0.444. The van der Waals surface area contributed by atoms with Gasteiger partial charge in [-0.05, 0) is 45.0 Å². The summed E-state index contributed by atoms with van der Waals surface area (Å²) < 4.78 is 0. The van der Waals surface area contributed by atoms with Crippen molar-refractivity contribution in [2.24, 2.45) is 0 Å². The number of anilines is 3. The first-order chi connectivity index (χ1) is 11.0. The third kappa shape index (κ3) is 3.79. The predicted molar refractivity (Wildman–Crippen MR) is 95.7 cm³/mol. The van der Waals surface area contributed by atoms with Crippen molar-refractivity contribution in [2.75, 3.05) is 43.4 Å². The SMILES string of the molecule is Cc1ccc(C)c(Nc2nc(C)cc(N3CCN(C)CC3)n2)c1. The zero-order valence-electron chi connectivity index (χ0n) is 14.4. The summed E-state index contributed by atoms with van der Waals surface area (Å²) in [5.74, 6) is 1.69. The van der Waals surface area contributed by atoms with E-state index in [4.69, 9.17) is 4.98 Å². The molecule has 23 heavy (non-hydrogen) atoms. The molecule has 2 aromatic rings. The standard InChI is InChI=1S/C18H25N5/c1-13-5-6-14(2)16(11-13)20-18-19-15(3)12-17(21-18)23-9-7-22(4)8-10-23/h5-6,11-12H,7-10H2,1-4H3,(H,19,20,21). The highest BCUT2D eigenvalue weighted by Crippen LogP contribution is 2.22. The van der Waals surface area contributed by atoms with Crippen LogP contribution in [0.1, 0.15) is 16.8 Å². The molecule has 0 saturated carbocycles. The topological polar surface area (TPSA) is 44.3 Å². The third-order valence-corrected chi connectivity index (χ3v) is 4.31. The van der Waals surface area contributed by atoms with Gasteiger partial charge in [-0.1, -0.05) is 12.1 Å². The monoisotopic (exact) mass is 311 g/mol. The molecule has 0 aliphatic carbocycles. The van der Waals surface area contributed by atoms with Gasteiger partial charge in [0.05, 0.1) is 0 Å². The van der Waals surface area contributed by atoms with E-state index in [1.54, 1.807) is 0 Å². The number of aryl methyl sites for hydroxylation is 3. The molecule has 1 saturated heterocycles. The van der Waals surface area contributed by atoms with Crippen LogP contribution in [0.4, 0.5) is 17.5 Å². The first-order valence-corrected chi connectivity index (χ1v) is 8.15. The molecule has 3 rings (SSSR count). The van der Waals surface area contributed by atoms with Crippen molar-refractivity contribution < 1.29 is 0 Å². The van der Waals surface area contributed by atoms with Gasteiger partial charge in [-0.25, -0.2) is 4.98 Å². The van der Waals surface area contributed by atoms with Gasteiger partial charge < -0.3 is 15.1 Å². The Labute approximate surface area is 138 Å². The molecule has 1 aromatic heterocycles. The molecule has 2 heterocycles. The Morgan fingerprint density at radius 1 is 0.957 bits per heavy atom. The number of nitrogens with one attached hydrogen (secondary N) is 1. The molecule has 1 aliphatic heterocycles. The summed E-state index contributed by atoms with van der Waals surface area (Å²) in [5.41, 5.74) is 4.48. The number of benzene rings is 1. The molecule has 0 radical (unpaired) electrons. The zero-order chi connectivity index (χ0) is 16.4. The van der Waals surface area contributed by atoms with Crippen LogP contribution in [0.25, 0.3) is 0 Å². The molecule has 1 N–H and O–H groups in total. The molecule has 0 amide bonds. The van der Waals surface area contributed by atoms with Gasteiger partial charge in [0.1, 0.15) is 5.82 Å². The molecule has 1 fully saturated rings. The van der Waals surface area contributed by atoms with E-state index in [0.717, 1.165) is 43.4 Å². The molecule has 5 nitrogen and oxygen atoms in total. The lowest BCUT2D eigenvalue weighted by molar-refractivity contribution is 0.312. The normalized spacial score (nSPS) is 15.7. The summed E-state index contributed by atoms with van der Waals surface area (Å²) >= 11 is 0. The summed E-state index contributed by atoms with van der Waals surface area (Å²) in [6, 6.07) is 8.44. The van der Waals surface area contributed by atoms with E-state index < -0.39 is 0 Å². The molecule has 0 bridgehead atoms. The lowest BCUT2D eigenvalue weighted by Crippen LogP contribution is -2.44. The average molecular weight is 311 g/mol. The summed E-state index contributed by atoms with van der Waals surface area (Å²) in [4.78, 5) is 14.0. The maximum Gasteiger partial charge on any atom is 0.229 e. The van der Waals surface area contributed by atoms with Crippen LogP contribution in [0, 0.1) is 20.8 Å². The Kier molecular flexibility index (Phi) is 4.48. The summed E-state index contributed by atoms with van der Waals surface area (Å²) in [6.45, 7) is 10.4. The molecule has 5 heteroatoms. The van der Waals surface area contributed by atoms with Crippen molar-refractivity contribution in [1.29, 1.82) is 0 Å². The highest BCUT2D eigenvalue weighted by atomic mass is 15.3. The maximum absolute atomic E-state index is 4.73. The molecule has 122 valence electrons. The van der Waals surface area contributed by atoms with Gasteiger partial charge >= 0.3 is 0 Å². The van der Waals surface area contributed by atoms with Crippen LogP contribution in [0.2, 0.25) is 0 Å². The Balaban J connectivity index is 1.84. The van der Waals surface area contributed by atoms with Crippen LogP contribution in [-0.2, 0) is 0 Å². The number of likely N-dealkylation sites (N-methyl/N-ethyl adjacent to an activating group) is 1. The van der Waals surface area contributed by atoms with E-state index in [1.807, 2.05) is 6.92 Å². The number of aromatic nitrogens is 2. The predicted octanol–water partition coefficient (Wildman–Crippen LogP) is 2.90. The molecule has 0 unspecified atom stereocenters. The zero-order valence-corrected chi connectivity index (χ0v) is 14.4. The number of piperazine rings is 1. The van der Waals surface area contributed by atoms with Crippen LogP contribution in [0.5, 0.6) is 0 Å². The van der Waals surface area contributed by atoms with Crippen LogP contribution < -0.4 is 10.2 Å².